The van der Waals surface area contributed by atoms with Crippen LogP contribution in [0.4, 0.5) is 0 Å². The molecule has 36 heavy (non-hydrogen) atoms. The lowest BCUT2D eigenvalue weighted by molar-refractivity contribution is -0.118. The van der Waals surface area contributed by atoms with Crippen molar-refractivity contribution in [3.63, 3.8) is 0 Å². The highest BCUT2D eigenvalue weighted by Gasteiger charge is 2.55. The summed E-state index contributed by atoms with van der Waals surface area (Å²) in [6, 6.07) is 7.31. The van der Waals surface area contributed by atoms with E-state index in [4.69, 9.17) is 11.6 Å². The summed E-state index contributed by atoms with van der Waals surface area (Å²) >= 11 is 7.50. The zero-order valence-electron chi connectivity index (χ0n) is 21.2. The molecule has 0 spiro atoms. The standard InChI is InChI=1S/C26H35ClN2O5S2/c1-17-21(23(18(2)35-17)24(33)28-13-19-5-7-20(27)8-6-19)9-12-29(16-31)15-26(10-11-26)36(34)25(3,4)22(32)14-30/h5-8,16,22,30,32H,9-15H2,1-4H3,(H,28,33). The van der Waals surface area contributed by atoms with Gasteiger partial charge in [-0.25, -0.2) is 0 Å². The summed E-state index contributed by atoms with van der Waals surface area (Å²) in [5.41, 5.74) is 2.51. The Kier molecular flexibility index (Phi) is 9.38. The summed E-state index contributed by atoms with van der Waals surface area (Å²) in [5.74, 6) is -0.154. The Balaban J connectivity index is 1.67. The Hall–Kier alpha value is -1.78. The summed E-state index contributed by atoms with van der Waals surface area (Å²) < 4.78 is 11.7. The smallest absolute Gasteiger partial charge is 0.252 e. The maximum Gasteiger partial charge on any atom is 0.252 e. The minimum absolute atomic E-state index is 0.154. The first-order chi connectivity index (χ1) is 16.9. The molecule has 1 aromatic heterocycles. The predicted octanol–water partition coefficient (Wildman–Crippen LogP) is 3.36. The molecule has 1 saturated carbocycles. The van der Waals surface area contributed by atoms with Gasteiger partial charge in [0.05, 0.1) is 27.8 Å². The highest BCUT2D eigenvalue weighted by atomic mass is 35.5. The number of carbonyl (C=O) groups is 2. The van der Waals surface area contributed by atoms with Gasteiger partial charge in [-0.1, -0.05) is 23.7 Å². The third-order valence-electron chi connectivity index (χ3n) is 6.92. The van der Waals surface area contributed by atoms with Crippen molar-refractivity contribution in [1.29, 1.82) is 0 Å². The SMILES string of the molecule is Cc1sc(C)c(C(=O)NCc2ccc(Cl)cc2)c1CCN(C=O)CC1(S(=O)C(C)(C)C(O)CO)CC1. The van der Waals surface area contributed by atoms with Crippen LogP contribution in [-0.4, -0.2) is 66.9 Å². The minimum Gasteiger partial charge on any atom is -0.394 e. The van der Waals surface area contributed by atoms with E-state index in [2.05, 4.69) is 5.32 Å². The van der Waals surface area contributed by atoms with E-state index >= 15 is 0 Å². The number of halogens is 1. The zero-order valence-corrected chi connectivity index (χ0v) is 23.6. The number of rotatable bonds is 13. The minimum atomic E-state index is -1.45. The van der Waals surface area contributed by atoms with Gasteiger partial charge in [0.2, 0.25) is 6.41 Å². The number of hydrogen-bond acceptors (Lipinski definition) is 6. The Morgan fingerprint density at radius 2 is 1.92 bits per heavy atom. The topological polar surface area (TPSA) is 107 Å². The van der Waals surface area contributed by atoms with Crippen molar-refractivity contribution in [2.75, 3.05) is 19.7 Å². The normalized spacial score (nSPS) is 16.3. The van der Waals surface area contributed by atoms with Gasteiger partial charge in [0.25, 0.3) is 5.91 Å². The predicted molar refractivity (Wildman–Crippen MR) is 145 cm³/mol. The number of benzene rings is 1. The van der Waals surface area contributed by atoms with E-state index in [1.54, 1.807) is 42.2 Å². The Morgan fingerprint density at radius 1 is 1.28 bits per heavy atom. The van der Waals surface area contributed by atoms with E-state index in [0.717, 1.165) is 27.3 Å². The van der Waals surface area contributed by atoms with Gasteiger partial charge in [-0.3, -0.25) is 13.8 Å². The van der Waals surface area contributed by atoms with Crippen molar-refractivity contribution in [2.45, 2.75) is 69.1 Å². The van der Waals surface area contributed by atoms with Crippen LogP contribution in [0.15, 0.2) is 24.3 Å². The van der Waals surface area contributed by atoms with Crippen molar-refractivity contribution in [3.8, 4) is 0 Å². The average molecular weight is 555 g/mol. The molecule has 1 aliphatic rings. The van der Waals surface area contributed by atoms with Gasteiger partial charge in [0.1, 0.15) is 0 Å². The van der Waals surface area contributed by atoms with Crippen LogP contribution in [0.5, 0.6) is 0 Å². The van der Waals surface area contributed by atoms with Crippen molar-refractivity contribution < 1.29 is 24.0 Å². The van der Waals surface area contributed by atoms with Gasteiger partial charge >= 0.3 is 0 Å². The van der Waals surface area contributed by atoms with Crippen molar-refractivity contribution in [2.24, 2.45) is 0 Å². The number of nitrogens with zero attached hydrogens (tertiary/aromatic N) is 1. The summed E-state index contributed by atoms with van der Waals surface area (Å²) in [6.07, 6.45) is 1.55. The quantitative estimate of drug-likeness (QED) is 0.329. The molecule has 0 saturated heterocycles. The van der Waals surface area contributed by atoms with Crippen LogP contribution in [0.25, 0.3) is 0 Å². The van der Waals surface area contributed by atoms with Crippen molar-refractivity contribution >= 4 is 46.1 Å². The van der Waals surface area contributed by atoms with Gasteiger partial charge in [-0.05, 0) is 70.2 Å². The molecule has 2 atom stereocenters. The summed E-state index contributed by atoms with van der Waals surface area (Å²) in [5, 5.41) is 23.2. The van der Waals surface area contributed by atoms with E-state index in [0.29, 0.717) is 49.5 Å². The zero-order chi connectivity index (χ0) is 26.7. The molecule has 0 radical (unpaired) electrons. The van der Waals surface area contributed by atoms with Crippen LogP contribution in [0.2, 0.25) is 5.02 Å². The lowest BCUT2D eigenvalue weighted by Crippen LogP contribution is -2.50. The fourth-order valence-electron chi connectivity index (χ4n) is 4.44. The van der Waals surface area contributed by atoms with Gasteiger partial charge in [-0.2, -0.15) is 0 Å². The number of aliphatic hydroxyl groups excluding tert-OH is 2. The summed E-state index contributed by atoms with van der Waals surface area (Å²) in [6.45, 7) is 7.88. The number of carbonyl (C=O) groups excluding carboxylic acids is 2. The average Bonchev–Trinajstić information content (AvgIpc) is 3.57. The van der Waals surface area contributed by atoms with Gasteiger partial charge < -0.3 is 20.4 Å². The molecule has 0 bridgehead atoms. The van der Waals surface area contributed by atoms with E-state index in [-0.39, 0.29) is 5.91 Å². The van der Waals surface area contributed by atoms with Crippen LogP contribution in [0.3, 0.4) is 0 Å². The second-order valence-corrected chi connectivity index (χ2v) is 14.3. The second kappa shape index (κ2) is 11.7. The lowest BCUT2D eigenvalue weighted by atomic mass is 10.0. The maximum atomic E-state index is 13.3. The maximum absolute atomic E-state index is 13.3. The first-order valence-corrected chi connectivity index (χ1v) is 14.3. The molecule has 1 heterocycles. The molecule has 198 valence electrons. The van der Waals surface area contributed by atoms with Gasteiger partial charge in [0, 0.05) is 45.2 Å². The molecule has 3 N–H and O–H groups in total. The molecule has 2 amide bonds. The van der Waals surface area contributed by atoms with Crippen LogP contribution in [-0.2, 0) is 28.6 Å². The molecule has 3 rings (SSSR count). The fourth-order valence-corrected chi connectivity index (χ4v) is 7.86. The number of aliphatic hydroxyl groups is 2. The molecule has 2 aromatic rings. The molecule has 1 aromatic carbocycles. The number of nitrogens with one attached hydrogen (secondary N) is 1. The van der Waals surface area contributed by atoms with Crippen molar-refractivity contribution in [1.82, 2.24) is 10.2 Å². The highest BCUT2D eigenvalue weighted by Crippen LogP contribution is 2.47. The molecular formula is C26H35ClN2O5S2. The Morgan fingerprint density at radius 3 is 2.47 bits per heavy atom. The molecule has 0 aliphatic heterocycles. The third kappa shape index (κ3) is 6.37. The van der Waals surface area contributed by atoms with E-state index in [9.17, 15) is 24.0 Å². The first kappa shape index (κ1) is 28.8. The number of aryl methyl sites for hydroxylation is 2. The van der Waals surface area contributed by atoms with Crippen LogP contribution < -0.4 is 5.32 Å². The van der Waals surface area contributed by atoms with Gasteiger partial charge in [-0.15, -0.1) is 11.3 Å². The number of thiophene rings is 1. The highest BCUT2D eigenvalue weighted by molar-refractivity contribution is 7.88. The Bertz CT molecular complexity index is 1110. The molecule has 10 heteroatoms. The Labute approximate surface area is 224 Å². The monoisotopic (exact) mass is 554 g/mol. The first-order valence-electron chi connectivity index (χ1n) is 12.0. The van der Waals surface area contributed by atoms with Crippen LogP contribution in [0.1, 0.15) is 57.9 Å². The molecule has 2 unspecified atom stereocenters. The molecule has 1 fully saturated rings. The fraction of sp³-hybridized carbons (Fsp3) is 0.538. The number of hydrogen-bond donors (Lipinski definition) is 3. The van der Waals surface area contributed by atoms with Crippen LogP contribution >= 0.6 is 22.9 Å². The second-order valence-electron chi connectivity index (χ2n) is 9.96. The lowest BCUT2D eigenvalue weighted by Gasteiger charge is -2.34. The van der Waals surface area contributed by atoms with E-state index in [1.807, 2.05) is 26.0 Å². The van der Waals surface area contributed by atoms with Gasteiger partial charge in [0.15, 0.2) is 0 Å². The van der Waals surface area contributed by atoms with Crippen molar-refractivity contribution in [3.05, 3.63) is 55.7 Å². The van der Waals surface area contributed by atoms with E-state index < -0.39 is 33.0 Å². The molecular weight excluding hydrogens is 520 g/mol. The summed E-state index contributed by atoms with van der Waals surface area (Å²) in [4.78, 5) is 28.6. The third-order valence-corrected chi connectivity index (χ3v) is 10.8. The summed E-state index contributed by atoms with van der Waals surface area (Å²) in [7, 11) is -1.45. The molecule has 7 nitrogen and oxygen atoms in total. The van der Waals surface area contributed by atoms with E-state index in [1.165, 1.54) is 0 Å². The number of amides is 2. The molecule has 1 aliphatic carbocycles. The van der Waals surface area contributed by atoms with Crippen LogP contribution in [0, 0.1) is 13.8 Å². The largest absolute Gasteiger partial charge is 0.394 e.